The van der Waals surface area contributed by atoms with Gasteiger partial charge in [0.25, 0.3) is 0 Å². The molecule has 1 rings (SSSR count). The van der Waals surface area contributed by atoms with E-state index in [-0.39, 0.29) is 5.60 Å². The van der Waals surface area contributed by atoms with Gasteiger partial charge in [0.1, 0.15) is 11.3 Å². The number of ether oxygens (including phenoxy) is 1. The summed E-state index contributed by atoms with van der Waals surface area (Å²) in [5.74, 6) is 0.543. The minimum atomic E-state index is -0.222. The maximum Gasteiger partial charge on any atom is 0.237 e. The van der Waals surface area contributed by atoms with E-state index in [4.69, 9.17) is 10.5 Å². The summed E-state index contributed by atoms with van der Waals surface area (Å²) in [7, 11) is 0. The van der Waals surface area contributed by atoms with Gasteiger partial charge in [-0.3, -0.25) is 4.98 Å². The summed E-state index contributed by atoms with van der Waals surface area (Å²) in [6, 6.07) is 0. The van der Waals surface area contributed by atoms with Crippen LogP contribution in [-0.4, -0.2) is 15.6 Å². The molecule has 0 unspecified atom stereocenters. The van der Waals surface area contributed by atoms with E-state index >= 15 is 0 Å². The molecule has 0 bridgehead atoms. The number of nitrogens with two attached hydrogens (primary N) is 1. The van der Waals surface area contributed by atoms with Crippen molar-refractivity contribution in [2.45, 2.75) is 39.3 Å². The number of hydrogen-bond acceptors (Lipinski definition) is 4. The lowest BCUT2D eigenvalue weighted by molar-refractivity contribution is 0.0968. The van der Waals surface area contributed by atoms with Crippen LogP contribution in [0.3, 0.4) is 0 Å². The van der Waals surface area contributed by atoms with Gasteiger partial charge in [-0.2, -0.15) is 0 Å². The average molecular weight is 195 g/mol. The van der Waals surface area contributed by atoms with E-state index in [1.165, 1.54) is 0 Å². The zero-order chi connectivity index (χ0) is 10.6. The van der Waals surface area contributed by atoms with E-state index < -0.39 is 0 Å². The minimum absolute atomic E-state index is 0.222. The summed E-state index contributed by atoms with van der Waals surface area (Å²) < 4.78 is 5.72. The molecule has 0 spiro atoms. The average Bonchev–Trinajstić information content (AvgIpc) is 2.18. The second kappa shape index (κ2) is 4.37. The molecule has 1 aromatic heterocycles. The van der Waals surface area contributed by atoms with Crippen LogP contribution in [-0.2, 0) is 6.54 Å². The predicted molar refractivity (Wildman–Crippen MR) is 54.9 cm³/mol. The van der Waals surface area contributed by atoms with Gasteiger partial charge in [0.15, 0.2) is 0 Å². The largest absolute Gasteiger partial charge is 0.470 e. The van der Waals surface area contributed by atoms with Crippen LogP contribution in [0.1, 0.15) is 32.9 Å². The van der Waals surface area contributed by atoms with Crippen molar-refractivity contribution in [3.05, 3.63) is 18.1 Å². The smallest absolute Gasteiger partial charge is 0.237 e. The van der Waals surface area contributed by atoms with Crippen LogP contribution in [0.15, 0.2) is 12.4 Å². The molecule has 78 valence electrons. The van der Waals surface area contributed by atoms with Crippen molar-refractivity contribution >= 4 is 0 Å². The van der Waals surface area contributed by atoms with E-state index in [0.29, 0.717) is 18.1 Å². The van der Waals surface area contributed by atoms with Gasteiger partial charge in [-0.05, 0) is 20.3 Å². The molecule has 0 saturated heterocycles. The van der Waals surface area contributed by atoms with E-state index in [1.807, 2.05) is 13.8 Å². The highest BCUT2D eigenvalue weighted by atomic mass is 16.5. The third kappa shape index (κ3) is 2.67. The lowest BCUT2D eigenvalue weighted by Crippen LogP contribution is -2.28. The van der Waals surface area contributed by atoms with Crippen LogP contribution >= 0.6 is 0 Å². The van der Waals surface area contributed by atoms with Crippen molar-refractivity contribution < 1.29 is 4.74 Å². The highest BCUT2D eigenvalue weighted by Gasteiger charge is 2.19. The minimum Gasteiger partial charge on any atom is -0.470 e. The first-order valence-corrected chi connectivity index (χ1v) is 4.78. The Morgan fingerprint density at radius 2 is 2.00 bits per heavy atom. The summed E-state index contributed by atoms with van der Waals surface area (Å²) in [6.07, 6.45) is 4.14. The van der Waals surface area contributed by atoms with Crippen LogP contribution in [0, 0.1) is 0 Å². The maximum atomic E-state index is 5.72. The highest BCUT2D eigenvalue weighted by Crippen LogP contribution is 2.20. The van der Waals surface area contributed by atoms with Crippen molar-refractivity contribution in [2.24, 2.45) is 5.73 Å². The Balaban J connectivity index is 2.85. The first kappa shape index (κ1) is 10.9. The first-order chi connectivity index (χ1) is 6.59. The fourth-order valence-electron chi connectivity index (χ4n) is 0.913. The quantitative estimate of drug-likeness (QED) is 0.791. The number of hydrogen-bond donors (Lipinski definition) is 1. The Labute approximate surface area is 84.5 Å². The summed E-state index contributed by atoms with van der Waals surface area (Å²) in [6.45, 7) is 6.45. The molecule has 4 heteroatoms. The van der Waals surface area contributed by atoms with Gasteiger partial charge in [0.2, 0.25) is 5.88 Å². The van der Waals surface area contributed by atoms with Gasteiger partial charge in [-0.15, -0.1) is 0 Å². The molecule has 1 aromatic rings. The zero-order valence-corrected chi connectivity index (χ0v) is 8.95. The molecule has 4 nitrogen and oxygen atoms in total. The highest BCUT2D eigenvalue weighted by molar-refractivity contribution is 5.17. The maximum absolute atomic E-state index is 5.72. The SMILES string of the molecule is CCC(C)(C)Oc1nccnc1CN. The molecular formula is C10H17N3O. The summed E-state index contributed by atoms with van der Waals surface area (Å²) in [4.78, 5) is 8.22. The van der Waals surface area contributed by atoms with Crippen LogP contribution in [0.2, 0.25) is 0 Å². The van der Waals surface area contributed by atoms with Gasteiger partial charge in [0.05, 0.1) is 0 Å². The van der Waals surface area contributed by atoms with Gasteiger partial charge in [0, 0.05) is 18.9 Å². The van der Waals surface area contributed by atoms with Crippen LogP contribution in [0.4, 0.5) is 0 Å². The second-order valence-corrected chi connectivity index (χ2v) is 3.73. The molecule has 2 N–H and O–H groups in total. The van der Waals surface area contributed by atoms with Gasteiger partial charge in [-0.25, -0.2) is 4.98 Å². The van der Waals surface area contributed by atoms with E-state index in [9.17, 15) is 0 Å². The monoisotopic (exact) mass is 195 g/mol. The van der Waals surface area contributed by atoms with Crippen molar-refractivity contribution in [1.82, 2.24) is 9.97 Å². The molecule has 0 aliphatic rings. The number of aromatic nitrogens is 2. The molecule has 0 aliphatic carbocycles. The Morgan fingerprint density at radius 1 is 1.36 bits per heavy atom. The molecule has 0 saturated carbocycles. The van der Waals surface area contributed by atoms with Crippen molar-refractivity contribution in [1.29, 1.82) is 0 Å². The Morgan fingerprint density at radius 3 is 2.57 bits per heavy atom. The molecule has 0 aromatic carbocycles. The molecule has 0 amide bonds. The van der Waals surface area contributed by atoms with Crippen molar-refractivity contribution in [3.8, 4) is 5.88 Å². The summed E-state index contributed by atoms with van der Waals surface area (Å²) >= 11 is 0. The molecule has 1 heterocycles. The fourth-order valence-corrected chi connectivity index (χ4v) is 0.913. The van der Waals surface area contributed by atoms with E-state index in [0.717, 1.165) is 6.42 Å². The third-order valence-electron chi connectivity index (χ3n) is 2.15. The fraction of sp³-hybridized carbons (Fsp3) is 0.600. The van der Waals surface area contributed by atoms with Gasteiger partial charge >= 0.3 is 0 Å². The zero-order valence-electron chi connectivity index (χ0n) is 8.95. The summed E-state index contributed by atoms with van der Waals surface area (Å²) in [5, 5.41) is 0. The topological polar surface area (TPSA) is 61.0 Å². The second-order valence-electron chi connectivity index (χ2n) is 3.73. The molecular weight excluding hydrogens is 178 g/mol. The normalized spacial score (nSPS) is 11.4. The Kier molecular flexibility index (Phi) is 3.41. The standard InChI is InChI=1S/C10H17N3O/c1-4-10(2,3)14-9-8(7-11)12-5-6-13-9/h5-6H,4,7,11H2,1-3H3. The Bertz CT molecular complexity index is 299. The molecule has 14 heavy (non-hydrogen) atoms. The lowest BCUT2D eigenvalue weighted by atomic mass is 10.1. The lowest BCUT2D eigenvalue weighted by Gasteiger charge is -2.24. The van der Waals surface area contributed by atoms with Crippen LogP contribution < -0.4 is 10.5 Å². The summed E-state index contributed by atoms with van der Waals surface area (Å²) in [5.41, 5.74) is 6.01. The first-order valence-electron chi connectivity index (χ1n) is 4.78. The molecule has 0 atom stereocenters. The van der Waals surface area contributed by atoms with Gasteiger partial charge in [-0.1, -0.05) is 6.92 Å². The number of rotatable bonds is 4. The van der Waals surface area contributed by atoms with Crippen molar-refractivity contribution in [2.75, 3.05) is 0 Å². The number of nitrogens with zero attached hydrogens (tertiary/aromatic N) is 2. The molecule has 0 aliphatic heterocycles. The third-order valence-corrected chi connectivity index (χ3v) is 2.15. The molecule has 0 radical (unpaired) electrons. The van der Waals surface area contributed by atoms with Crippen LogP contribution in [0.25, 0.3) is 0 Å². The van der Waals surface area contributed by atoms with Crippen molar-refractivity contribution in [3.63, 3.8) is 0 Å². The predicted octanol–water partition coefficient (Wildman–Crippen LogP) is 1.50. The Hall–Kier alpha value is -1.16. The van der Waals surface area contributed by atoms with E-state index in [1.54, 1.807) is 12.4 Å². The van der Waals surface area contributed by atoms with E-state index in [2.05, 4.69) is 16.9 Å². The van der Waals surface area contributed by atoms with Crippen LogP contribution in [0.5, 0.6) is 5.88 Å². The molecule has 0 fully saturated rings. The van der Waals surface area contributed by atoms with Gasteiger partial charge < -0.3 is 10.5 Å².